The Balaban J connectivity index is 1.70. The van der Waals surface area contributed by atoms with Gasteiger partial charge in [0.2, 0.25) is 0 Å². The Labute approximate surface area is 171 Å². The van der Waals surface area contributed by atoms with Gasteiger partial charge in [-0.05, 0) is 42.8 Å². The molecule has 12 heteroatoms. The SMILES string of the molecule is Cc1cc(F)ccc1Oc1nnc(C(F)(F)F)cc1C(=O)Nc1ccn2cnnc2c1. The van der Waals surface area contributed by atoms with Crippen molar-refractivity contribution in [1.82, 2.24) is 24.8 Å². The van der Waals surface area contributed by atoms with Gasteiger partial charge in [0.25, 0.3) is 11.8 Å². The smallest absolute Gasteiger partial charge is 0.435 e. The number of carbonyl (C=O) groups excluding carboxylic acids is 1. The summed E-state index contributed by atoms with van der Waals surface area (Å²) in [6, 6.07) is 7.07. The van der Waals surface area contributed by atoms with E-state index in [2.05, 4.69) is 25.7 Å². The van der Waals surface area contributed by atoms with Crippen LogP contribution in [0.1, 0.15) is 21.6 Å². The summed E-state index contributed by atoms with van der Waals surface area (Å²) in [5.74, 6) is -1.80. The maximum atomic E-state index is 13.3. The number of aryl methyl sites for hydroxylation is 1. The molecule has 0 unspecified atom stereocenters. The Morgan fingerprint density at radius 2 is 1.90 bits per heavy atom. The van der Waals surface area contributed by atoms with Gasteiger partial charge in [-0.1, -0.05) is 0 Å². The highest BCUT2D eigenvalue weighted by Gasteiger charge is 2.35. The summed E-state index contributed by atoms with van der Waals surface area (Å²) in [4.78, 5) is 12.8. The molecule has 0 aliphatic heterocycles. The maximum absolute atomic E-state index is 13.3. The van der Waals surface area contributed by atoms with Crippen LogP contribution in [0, 0.1) is 12.7 Å². The van der Waals surface area contributed by atoms with E-state index in [1.165, 1.54) is 37.5 Å². The number of rotatable bonds is 4. The highest BCUT2D eigenvalue weighted by molar-refractivity contribution is 6.06. The van der Waals surface area contributed by atoms with Gasteiger partial charge in [0.05, 0.1) is 0 Å². The minimum absolute atomic E-state index is 0.106. The molecule has 3 aromatic heterocycles. The number of nitrogens with zero attached hydrogens (tertiary/aromatic N) is 5. The highest BCUT2D eigenvalue weighted by Crippen LogP contribution is 2.32. The van der Waals surface area contributed by atoms with Gasteiger partial charge >= 0.3 is 6.18 Å². The second-order valence-corrected chi connectivity index (χ2v) is 6.42. The highest BCUT2D eigenvalue weighted by atomic mass is 19.4. The minimum atomic E-state index is -4.83. The summed E-state index contributed by atoms with van der Waals surface area (Å²) >= 11 is 0. The number of anilines is 1. The number of nitrogens with one attached hydrogen (secondary N) is 1. The summed E-state index contributed by atoms with van der Waals surface area (Å²) in [5, 5.41) is 16.5. The molecule has 1 N–H and O–H groups in total. The number of alkyl halides is 3. The van der Waals surface area contributed by atoms with Crippen LogP contribution < -0.4 is 10.1 Å². The molecule has 4 rings (SSSR count). The van der Waals surface area contributed by atoms with E-state index in [9.17, 15) is 22.4 Å². The predicted molar refractivity (Wildman–Crippen MR) is 99.2 cm³/mol. The van der Waals surface area contributed by atoms with Crippen molar-refractivity contribution in [3.05, 3.63) is 71.6 Å². The Morgan fingerprint density at radius 3 is 2.65 bits per heavy atom. The minimum Gasteiger partial charge on any atom is -0.437 e. The van der Waals surface area contributed by atoms with Crippen molar-refractivity contribution in [2.75, 3.05) is 5.32 Å². The van der Waals surface area contributed by atoms with Gasteiger partial charge in [0.15, 0.2) is 11.3 Å². The quantitative estimate of drug-likeness (QED) is 0.490. The first-order valence-electron chi connectivity index (χ1n) is 8.70. The topological polar surface area (TPSA) is 94.3 Å². The molecule has 0 aliphatic carbocycles. The van der Waals surface area contributed by atoms with Gasteiger partial charge in [-0.25, -0.2) is 4.39 Å². The van der Waals surface area contributed by atoms with E-state index in [0.717, 1.165) is 6.07 Å². The van der Waals surface area contributed by atoms with Crippen LogP contribution in [0.25, 0.3) is 5.65 Å². The lowest BCUT2D eigenvalue weighted by Crippen LogP contribution is -2.18. The van der Waals surface area contributed by atoms with Crippen molar-refractivity contribution in [2.24, 2.45) is 0 Å². The lowest BCUT2D eigenvalue weighted by atomic mass is 10.2. The van der Waals surface area contributed by atoms with Crippen LogP contribution in [-0.4, -0.2) is 30.7 Å². The van der Waals surface area contributed by atoms with Crippen LogP contribution in [0.15, 0.2) is 48.9 Å². The van der Waals surface area contributed by atoms with Gasteiger partial charge in [-0.15, -0.1) is 20.4 Å². The van der Waals surface area contributed by atoms with Gasteiger partial charge in [-0.3, -0.25) is 9.20 Å². The molecule has 0 radical (unpaired) electrons. The molecular formula is C19H12F4N6O2. The third kappa shape index (κ3) is 4.27. The zero-order valence-electron chi connectivity index (χ0n) is 15.7. The zero-order valence-corrected chi connectivity index (χ0v) is 15.7. The number of halogens is 4. The first-order chi connectivity index (χ1) is 14.7. The fourth-order valence-corrected chi connectivity index (χ4v) is 2.68. The van der Waals surface area contributed by atoms with Crippen LogP contribution >= 0.6 is 0 Å². The maximum Gasteiger partial charge on any atom is 0.435 e. The first-order valence-corrected chi connectivity index (χ1v) is 8.70. The molecule has 0 aliphatic rings. The molecule has 31 heavy (non-hydrogen) atoms. The van der Waals surface area contributed by atoms with E-state index in [-0.39, 0.29) is 11.4 Å². The lowest BCUT2D eigenvalue weighted by Gasteiger charge is -2.13. The van der Waals surface area contributed by atoms with E-state index in [1.54, 1.807) is 10.6 Å². The fraction of sp³-hybridized carbons (Fsp3) is 0.105. The van der Waals surface area contributed by atoms with E-state index in [1.807, 2.05) is 0 Å². The van der Waals surface area contributed by atoms with Gasteiger partial charge < -0.3 is 10.1 Å². The van der Waals surface area contributed by atoms with Crippen molar-refractivity contribution in [1.29, 1.82) is 0 Å². The van der Waals surface area contributed by atoms with Crippen molar-refractivity contribution >= 4 is 17.2 Å². The van der Waals surface area contributed by atoms with Crippen LogP contribution in [0.3, 0.4) is 0 Å². The van der Waals surface area contributed by atoms with Crippen molar-refractivity contribution in [2.45, 2.75) is 13.1 Å². The van der Waals surface area contributed by atoms with Crippen LogP contribution in [-0.2, 0) is 6.18 Å². The third-order valence-corrected chi connectivity index (χ3v) is 4.20. The van der Waals surface area contributed by atoms with Crippen molar-refractivity contribution < 1.29 is 27.1 Å². The van der Waals surface area contributed by atoms with E-state index >= 15 is 0 Å². The summed E-state index contributed by atoms with van der Waals surface area (Å²) < 4.78 is 59.8. The van der Waals surface area contributed by atoms with E-state index in [0.29, 0.717) is 17.3 Å². The Hall–Kier alpha value is -4.09. The normalized spacial score (nSPS) is 11.5. The number of ether oxygens (including phenoxy) is 1. The number of amides is 1. The number of carbonyl (C=O) groups is 1. The molecule has 0 saturated carbocycles. The molecule has 8 nitrogen and oxygen atoms in total. The molecule has 158 valence electrons. The molecule has 0 atom stereocenters. The van der Waals surface area contributed by atoms with Crippen LogP contribution in [0.4, 0.5) is 23.2 Å². The number of hydrogen-bond acceptors (Lipinski definition) is 6. The predicted octanol–water partition coefficient (Wildman–Crippen LogP) is 4.03. The molecule has 1 aromatic carbocycles. The van der Waals surface area contributed by atoms with Crippen LogP contribution in [0.5, 0.6) is 11.6 Å². The number of pyridine rings is 1. The molecule has 1 amide bonds. The van der Waals surface area contributed by atoms with Crippen LogP contribution in [0.2, 0.25) is 0 Å². The summed E-state index contributed by atoms with van der Waals surface area (Å²) in [7, 11) is 0. The molecule has 0 bridgehead atoms. The zero-order chi connectivity index (χ0) is 22.2. The number of aromatic nitrogens is 5. The third-order valence-electron chi connectivity index (χ3n) is 4.20. The summed E-state index contributed by atoms with van der Waals surface area (Å²) in [5.41, 5.74) is -0.841. The van der Waals surface area contributed by atoms with Crippen molar-refractivity contribution in [3.63, 3.8) is 0 Å². The van der Waals surface area contributed by atoms with Crippen molar-refractivity contribution in [3.8, 4) is 11.6 Å². The average molecular weight is 432 g/mol. The average Bonchev–Trinajstić information content (AvgIpc) is 3.17. The molecule has 0 saturated heterocycles. The monoisotopic (exact) mass is 432 g/mol. The lowest BCUT2D eigenvalue weighted by molar-refractivity contribution is -0.141. The largest absolute Gasteiger partial charge is 0.437 e. The Kier molecular flexibility index (Phi) is 4.97. The van der Waals surface area contributed by atoms with Gasteiger partial charge in [0, 0.05) is 18.0 Å². The molecule has 0 fully saturated rings. The van der Waals surface area contributed by atoms with Gasteiger partial charge in [-0.2, -0.15) is 13.2 Å². The van der Waals surface area contributed by atoms with E-state index in [4.69, 9.17) is 4.74 Å². The molecule has 4 aromatic rings. The Bertz CT molecular complexity index is 1290. The second-order valence-electron chi connectivity index (χ2n) is 6.42. The fourth-order valence-electron chi connectivity index (χ4n) is 2.68. The number of hydrogen-bond donors (Lipinski definition) is 1. The van der Waals surface area contributed by atoms with Gasteiger partial charge in [0.1, 0.15) is 23.5 Å². The summed E-state index contributed by atoms with van der Waals surface area (Å²) in [6.07, 6.45) is -1.82. The molecular weight excluding hydrogens is 420 g/mol. The second kappa shape index (κ2) is 7.63. The Morgan fingerprint density at radius 1 is 1.10 bits per heavy atom. The molecule has 0 spiro atoms. The van der Waals surface area contributed by atoms with E-state index < -0.39 is 35.0 Å². The number of benzene rings is 1. The molecule has 3 heterocycles. The number of fused-ring (bicyclic) bond motifs is 1. The summed E-state index contributed by atoms with van der Waals surface area (Å²) in [6.45, 7) is 1.53. The standard InChI is InChI=1S/C19H12F4N6O2/c1-10-6-11(20)2-3-14(10)31-18-13(8-15(26-28-18)19(21,22)23)17(30)25-12-4-5-29-9-24-27-16(29)7-12/h2-9H,1H3,(H,25,30). The first kappa shape index (κ1) is 20.2.